The highest BCUT2D eigenvalue weighted by atomic mass is 16.4. The van der Waals surface area contributed by atoms with Crippen molar-refractivity contribution < 1.29 is 19.8 Å². The molecule has 1 fully saturated rings. The van der Waals surface area contributed by atoms with Gasteiger partial charge in [0.15, 0.2) is 0 Å². The highest BCUT2D eigenvalue weighted by Gasteiger charge is 2.28. The number of nitrogens with one attached hydrogen (secondary N) is 2. The first kappa shape index (κ1) is 10.9. The van der Waals surface area contributed by atoms with E-state index in [1.54, 1.807) is 0 Å². The normalized spacial score (nSPS) is 18.4. The molecule has 1 aliphatic rings. The second-order valence-corrected chi connectivity index (χ2v) is 3.27. The van der Waals surface area contributed by atoms with E-state index in [4.69, 9.17) is 10.2 Å². The molecule has 6 heteroatoms. The molecule has 4 N–H and O–H groups in total. The number of rotatable bonds is 5. The zero-order valence-electron chi connectivity index (χ0n) is 7.69. The van der Waals surface area contributed by atoms with Gasteiger partial charge >= 0.3 is 5.97 Å². The van der Waals surface area contributed by atoms with Crippen LogP contribution in [0, 0.1) is 5.92 Å². The number of aliphatic hydroxyl groups is 1. The van der Waals surface area contributed by atoms with Crippen molar-refractivity contribution in [3.8, 4) is 0 Å². The van der Waals surface area contributed by atoms with Gasteiger partial charge in [-0.05, 0) is 0 Å². The van der Waals surface area contributed by atoms with E-state index in [1.165, 1.54) is 0 Å². The molecule has 0 spiro atoms. The van der Waals surface area contributed by atoms with Crippen molar-refractivity contribution in [2.75, 3.05) is 19.7 Å². The molecule has 1 heterocycles. The number of carbonyl (C=O) groups excluding carboxylic acids is 1. The molecule has 1 rings (SSSR count). The van der Waals surface area contributed by atoms with Gasteiger partial charge in [-0.25, -0.2) is 4.79 Å². The lowest BCUT2D eigenvalue weighted by molar-refractivity contribution is -0.143. The summed E-state index contributed by atoms with van der Waals surface area (Å²) in [4.78, 5) is 21.9. The molecule has 0 unspecified atom stereocenters. The number of hydrogen-bond donors (Lipinski definition) is 4. The van der Waals surface area contributed by atoms with Crippen LogP contribution in [0.1, 0.15) is 6.42 Å². The molecule has 0 bridgehead atoms. The molecule has 0 aromatic rings. The molecule has 1 amide bonds. The standard InChI is InChI=1S/C8H14N2O4/c11-2-1-6(8(13)14)10-7(12)5-3-9-4-5/h5-6,9,11H,1-4H2,(H,10,12)(H,13,14)/t6-/m0/s1. The molecule has 0 aliphatic carbocycles. The molecular formula is C8H14N2O4. The smallest absolute Gasteiger partial charge is 0.326 e. The van der Waals surface area contributed by atoms with Crippen molar-refractivity contribution in [1.29, 1.82) is 0 Å². The zero-order chi connectivity index (χ0) is 10.6. The maximum absolute atomic E-state index is 11.3. The third kappa shape index (κ3) is 2.68. The Morgan fingerprint density at radius 1 is 1.50 bits per heavy atom. The molecule has 1 aliphatic heterocycles. The summed E-state index contributed by atoms with van der Waals surface area (Å²) >= 11 is 0. The van der Waals surface area contributed by atoms with Gasteiger partial charge in [0, 0.05) is 26.1 Å². The van der Waals surface area contributed by atoms with Crippen molar-refractivity contribution in [1.82, 2.24) is 10.6 Å². The zero-order valence-corrected chi connectivity index (χ0v) is 7.69. The van der Waals surface area contributed by atoms with Crippen molar-refractivity contribution >= 4 is 11.9 Å². The van der Waals surface area contributed by atoms with Crippen LogP contribution < -0.4 is 10.6 Å². The second kappa shape index (κ2) is 4.92. The third-order valence-corrected chi connectivity index (χ3v) is 2.18. The molecule has 0 aromatic heterocycles. The van der Waals surface area contributed by atoms with Gasteiger partial charge in [0.2, 0.25) is 5.91 Å². The van der Waals surface area contributed by atoms with Crippen LogP contribution in [0.2, 0.25) is 0 Å². The second-order valence-electron chi connectivity index (χ2n) is 3.27. The summed E-state index contributed by atoms with van der Waals surface area (Å²) in [6.07, 6.45) is 0.0429. The van der Waals surface area contributed by atoms with E-state index in [0.717, 1.165) is 0 Å². The summed E-state index contributed by atoms with van der Waals surface area (Å²) in [5.74, 6) is -1.50. The first-order valence-corrected chi connectivity index (χ1v) is 4.50. The molecule has 1 atom stereocenters. The fraction of sp³-hybridized carbons (Fsp3) is 0.750. The summed E-state index contributed by atoms with van der Waals surface area (Å²) in [5.41, 5.74) is 0. The monoisotopic (exact) mass is 202 g/mol. The van der Waals surface area contributed by atoms with E-state index in [1.807, 2.05) is 0 Å². The summed E-state index contributed by atoms with van der Waals surface area (Å²) in [6.45, 7) is 0.939. The van der Waals surface area contributed by atoms with Crippen LogP contribution in [-0.4, -0.2) is 47.8 Å². The lowest BCUT2D eigenvalue weighted by Crippen LogP contribution is -2.54. The third-order valence-electron chi connectivity index (χ3n) is 2.18. The van der Waals surface area contributed by atoms with E-state index in [0.29, 0.717) is 13.1 Å². The van der Waals surface area contributed by atoms with Gasteiger partial charge in [-0.3, -0.25) is 4.79 Å². The number of amides is 1. The minimum Gasteiger partial charge on any atom is -0.480 e. The molecule has 1 saturated heterocycles. The Morgan fingerprint density at radius 2 is 2.14 bits per heavy atom. The van der Waals surface area contributed by atoms with Crippen LogP contribution >= 0.6 is 0 Å². The predicted molar refractivity (Wildman–Crippen MR) is 47.6 cm³/mol. The van der Waals surface area contributed by atoms with Gasteiger partial charge in [0.05, 0.1) is 5.92 Å². The van der Waals surface area contributed by atoms with Crippen molar-refractivity contribution in [3.63, 3.8) is 0 Å². The Labute approximate surface area is 81.3 Å². The number of carboxylic acid groups (broad SMARTS) is 1. The van der Waals surface area contributed by atoms with Crippen LogP contribution in [0.15, 0.2) is 0 Å². The summed E-state index contributed by atoms with van der Waals surface area (Å²) in [7, 11) is 0. The minimum absolute atomic E-state index is 0.0429. The van der Waals surface area contributed by atoms with Crippen LogP contribution in [0.25, 0.3) is 0 Å². The highest BCUT2D eigenvalue weighted by molar-refractivity contribution is 5.85. The molecule has 0 radical (unpaired) electrons. The molecular weight excluding hydrogens is 188 g/mol. The van der Waals surface area contributed by atoms with Gasteiger partial charge in [-0.1, -0.05) is 0 Å². The van der Waals surface area contributed by atoms with Crippen LogP contribution in [-0.2, 0) is 9.59 Å². The lowest BCUT2D eigenvalue weighted by Gasteiger charge is -2.27. The molecule has 0 saturated carbocycles. The molecule has 6 nitrogen and oxygen atoms in total. The quantitative estimate of drug-likeness (QED) is 0.420. The topological polar surface area (TPSA) is 98.7 Å². The maximum Gasteiger partial charge on any atom is 0.326 e. The van der Waals surface area contributed by atoms with Crippen molar-refractivity contribution in [2.24, 2.45) is 5.92 Å². The predicted octanol–water partition coefficient (Wildman–Crippen LogP) is -1.84. The van der Waals surface area contributed by atoms with Crippen molar-refractivity contribution in [3.05, 3.63) is 0 Å². The average Bonchev–Trinajstić information content (AvgIpc) is 1.99. The van der Waals surface area contributed by atoms with Crippen LogP contribution in [0.5, 0.6) is 0 Å². The number of hydrogen-bond acceptors (Lipinski definition) is 4. The first-order chi connectivity index (χ1) is 6.65. The number of carboxylic acids is 1. The van der Waals surface area contributed by atoms with Gasteiger partial charge in [0.1, 0.15) is 6.04 Å². The summed E-state index contributed by atoms with van der Waals surface area (Å²) in [5, 5.41) is 22.6. The first-order valence-electron chi connectivity index (χ1n) is 4.50. The van der Waals surface area contributed by atoms with Gasteiger partial charge in [0.25, 0.3) is 0 Å². The Morgan fingerprint density at radius 3 is 2.50 bits per heavy atom. The van der Waals surface area contributed by atoms with E-state index in [2.05, 4.69) is 10.6 Å². The lowest BCUT2D eigenvalue weighted by atomic mass is 10.0. The fourth-order valence-corrected chi connectivity index (χ4v) is 1.15. The molecule has 14 heavy (non-hydrogen) atoms. The number of aliphatic carboxylic acids is 1. The summed E-state index contributed by atoms with van der Waals surface area (Å²) in [6, 6.07) is -0.979. The molecule has 80 valence electrons. The maximum atomic E-state index is 11.3. The van der Waals surface area contributed by atoms with Gasteiger partial charge in [-0.2, -0.15) is 0 Å². The Kier molecular flexibility index (Phi) is 3.84. The Balaban J connectivity index is 2.37. The van der Waals surface area contributed by atoms with Crippen LogP contribution in [0.3, 0.4) is 0 Å². The largest absolute Gasteiger partial charge is 0.480 e. The SMILES string of the molecule is O=C(N[C@@H](CCO)C(=O)O)C1CNC1. The van der Waals surface area contributed by atoms with Gasteiger partial charge in [-0.15, -0.1) is 0 Å². The van der Waals surface area contributed by atoms with Crippen LogP contribution in [0.4, 0.5) is 0 Å². The number of aliphatic hydroxyl groups excluding tert-OH is 1. The van der Waals surface area contributed by atoms with Gasteiger partial charge < -0.3 is 20.8 Å². The Hall–Kier alpha value is -1.14. The fourth-order valence-electron chi connectivity index (χ4n) is 1.15. The van der Waals surface area contributed by atoms with E-state index in [9.17, 15) is 9.59 Å². The average molecular weight is 202 g/mol. The van der Waals surface area contributed by atoms with Crippen molar-refractivity contribution in [2.45, 2.75) is 12.5 Å². The molecule has 0 aromatic carbocycles. The van der Waals surface area contributed by atoms with E-state index >= 15 is 0 Å². The highest BCUT2D eigenvalue weighted by Crippen LogP contribution is 2.03. The van der Waals surface area contributed by atoms with E-state index in [-0.39, 0.29) is 24.9 Å². The van der Waals surface area contributed by atoms with E-state index < -0.39 is 12.0 Å². The minimum atomic E-state index is -1.11. The summed E-state index contributed by atoms with van der Waals surface area (Å²) < 4.78 is 0. The number of carbonyl (C=O) groups is 2. The Bertz CT molecular complexity index is 227.